The first-order valence-electron chi connectivity index (χ1n) is 37.8. The molecule has 11 aliphatic carbocycles. The van der Waals surface area contributed by atoms with E-state index in [-0.39, 0.29) is 0 Å². The lowest BCUT2D eigenvalue weighted by atomic mass is 9.59. The molecule has 5 saturated heterocycles. The maximum absolute atomic E-state index is 4.52. The van der Waals surface area contributed by atoms with Crippen LogP contribution in [0.5, 0.6) is 0 Å². The molecule has 16 fully saturated rings. The van der Waals surface area contributed by atoms with E-state index in [0.717, 1.165) is 102 Å². The van der Waals surface area contributed by atoms with Crippen LogP contribution in [0.1, 0.15) is 263 Å². The highest BCUT2D eigenvalue weighted by Gasteiger charge is 2.67. The molecule has 0 amide bonds. The second-order valence-electron chi connectivity index (χ2n) is 33.2. The minimum atomic E-state index is 0.579. The average Bonchev–Trinajstić information content (AvgIpc) is 3.37. The number of fused-ring (bicyclic) bond motifs is 9. The van der Waals surface area contributed by atoms with Crippen LogP contribution in [0.2, 0.25) is 0 Å². The summed E-state index contributed by atoms with van der Waals surface area (Å²) in [6.45, 7) is 0. The van der Waals surface area contributed by atoms with Gasteiger partial charge in [0.15, 0.2) is 0 Å². The van der Waals surface area contributed by atoms with Gasteiger partial charge in [0.25, 0.3) is 0 Å². The van der Waals surface area contributed by atoms with Crippen molar-refractivity contribution in [2.24, 2.45) is 17.8 Å². The molecule has 10 heteroatoms. The first-order chi connectivity index (χ1) is 40.3. The summed E-state index contributed by atoms with van der Waals surface area (Å²) >= 11 is 0. The molecule has 5 aliphatic heterocycles. The molecule has 0 spiro atoms. The van der Waals surface area contributed by atoms with Gasteiger partial charge in [0.05, 0.1) is 6.17 Å². The highest BCUT2D eigenvalue weighted by Crippen LogP contribution is 2.58. The second-order valence-corrected chi connectivity index (χ2v) is 33.2. The minimum Gasteiger partial charge on any atom is -0.297 e. The van der Waals surface area contributed by atoms with E-state index in [1.165, 1.54) is 263 Å². The summed E-state index contributed by atoms with van der Waals surface area (Å²) in [4.78, 5) is 30.4. The van der Waals surface area contributed by atoms with E-state index in [1.54, 1.807) is 0 Å². The van der Waals surface area contributed by atoms with Gasteiger partial charge in [-0.3, -0.25) is 49.4 Å². The van der Waals surface area contributed by atoms with Gasteiger partial charge in [0.2, 0.25) is 0 Å². The van der Waals surface area contributed by atoms with E-state index < -0.39 is 0 Å². The van der Waals surface area contributed by atoms with Crippen molar-refractivity contribution in [3.05, 3.63) is 0 Å². The minimum absolute atomic E-state index is 0.579. The van der Waals surface area contributed by atoms with Crippen molar-refractivity contribution >= 4 is 0 Å². The molecular weight excluding hydrogens is 1000 g/mol. The summed E-state index contributed by atoms with van der Waals surface area (Å²) in [5, 5.41) is 4.52. The van der Waals surface area contributed by atoms with Crippen LogP contribution in [0.25, 0.3) is 0 Å². The van der Waals surface area contributed by atoms with Gasteiger partial charge in [-0.2, -0.15) is 0 Å². The molecule has 16 rings (SSSR count). The van der Waals surface area contributed by atoms with Crippen molar-refractivity contribution in [3.63, 3.8) is 0 Å². The Morgan fingerprint density at radius 2 is 0.512 bits per heavy atom. The van der Waals surface area contributed by atoms with Crippen molar-refractivity contribution in [2.75, 3.05) is 35.2 Å². The third-order valence-electron chi connectivity index (χ3n) is 30.1. The first kappa shape index (κ1) is 56.8. The lowest BCUT2D eigenvalue weighted by Gasteiger charge is -2.73. The van der Waals surface area contributed by atoms with Gasteiger partial charge >= 0.3 is 0 Å². The standard InChI is InChI=1S/C72H124N10/c1-74-52-29-8-16-37-60(52)79(61-38-17-9-30-53(61)74)68-46-49(47-25-24-26-48(45-47)72-73-50-27-6-7-28-51(50)78(72)5)69(80-62-39-18-10-31-54(62)75(2)55-32-11-19-40-63(55)80)71(82-66-43-22-14-35-58(66)77(4)59-36-15-23-44-67(59)82)70(68)81-64-41-20-12-33-56(64)76(3)57-34-13-21-42-65(57)81/h47-73H,6-46H2,1-5H3. The molecule has 26 atom stereocenters. The third-order valence-corrected chi connectivity index (χ3v) is 30.1. The van der Waals surface area contributed by atoms with E-state index in [2.05, 4.69) is 84.7 Å². The van der Waals surface area contributed by atoms with E-state index in [4.69, 9.17) is 0 Å². The van der Waals surface area contributed by atoms with Gasteiger partial charge in [-0.25, -0.2) is 0 Å². The summed E-state index contributed by atoms with van der Waals surface area (Å²) < 4.78 is 0. The fourth-order valence-electron chi connectivity index (χ4n) is 27.0. The monoisotopic (exact) mass is 1130 g/mol. The van der Waals surface area contributed by atoms with Crippen molar-refractivity contribution < 1.29 is 0 Å². The first-order valence-corrected chi connectivity index (χ1v) is 37.8. The summed E-state index contributed by atoms with van der Waals surface area (Å²) in [6, 6.07) is 15.6. The molecule has 0 aromatic heterocycles. The highest BCUT2D eigenvalue weighted by molar-refractivity contribution is 5.23. The Morgan fingerprint density at radius 3 is 0.878 bits per heavy atom. The van der Waals surface area contributed by atoms with Crippen LogP contribution in [-0.4, -0.2) is 218 Å². The van der Waals surface area contributed by atoms with Crippen LogP contribution in [0.4, 0.5) is 0 Å². The Balaban J connectivity index is 0.945. The Morgan fingerprint density at radius 1 is 0.220 bits per heavy atom. The Labute approximate surface area is 502 Å². The van der Waals surface area contributed by atoms with Crippen LogP contribution in [0.15, 0.2) is 0 Å². The van der Waals surface area contributed by atoms with Gasteiger partial charge in [-0.15, -0.1) is 0 Å². The molecule has 11 saturated carbocycles. The Bertz CT molecular complexity index is 2060. The highest BCUT2D eigenvalue weighted by atomic mass is 15.5. The zero-order valence-corrected chi connectivity index (χ0v) is 53.5. The number of nitrogens with zero attached hydrogens (tertiary/aromatic N) is 9. The maximum Gasteiger partial charge on any atom is 0.0629 e. The molecular formula is C72H124N10. The van der Waals surface area contributed by atoms with E-state index >= 15 is 0 Å². The molecule has 26 unspecified atom stereocenters. The number of hydrogen-bond donors (Lipinski definition) is 1. The van der Waals surface area contributed by atoms with Gasteiger partial charge in [0.1, 0.15) is 0 Å². The van der Waals surface area contributed by atoms with Crippen molar-refractivity contribution in [3.8, 4) is 0 Å². The van der Waals surface area contributed by atoms with Crippen LogP contribution in [0, 0.1) is 17.8 Å². The molecule has 5 heterocycles. The molecule has 0 radical (unpaired) electrons. The molecule has 82 heavy (non-hydrogen) atoms. The lowest BCUT2D eigenvalue weighted by molar-refractivity contribution is -0.226. The Kier molecular flexibility index (Phi) is 16.5. The number of piperazine rings is 4. The maximum atomic E-state index is 4.52. The molecule has 10 nitrogen and oxygen atoms in total. The van der Waals surface area contributed by atoms with Crippen LogP contribution >= 0.6 is 0 Å². The fraction of sp³-hybridized carbons (Fsp3) is 1.00. The van der Waals surface area contributed by atoms with Crippen molar-refractivity contribution in [1.29, 1.82) is 0 Å². The summed E-state index contributed by atoms with van der Waals surface area (Å²) in [6.07, 6.45) is 60.4. The SMILES string of the molecule is CN1C2CCCCC2N(C2CC(C3CCCC(C4NC5CCCCC5N4C)C3)C(N3C4CCCCC4N(C)C4CCCCC43)C(N3C4CCCCC4N(C)C4CCCCC43)C2N2C3CCCCC3N(C)C3CCCCC32)C2CCCCC21. The largest absolute Gasteiger partial charge is 0.297 e. The summed E-state index contributed by atoms with van der Waals surface area (Å²) in [7, 11) is 13.4. The molecule has 1 N–H and O–H groups in total. The number of hydrogen-bond acceptors (Lipinski definition) is 10. The lowest BCUT2D eigenvalue weighted by Crippen LogP contribution is -2.86. The van der Waals surface area contributed by atoms with Crippen LogP contribution < -0.4 is 5.32 Å². The van der Waals surface area contributed by atoms with Gasteiger partial charge in [-0.1, -0.05) is 128 Å². The number of rotatable bonds is 6. The van der Waals surface area contributed by atoms with Crippen LogP contribution in [-0.2, 0) is 0 Å². The number of nitrogens with one attached hydrogen (secondary N) is 1. The molecule has 462 valence electrons. The van der Waals surface area contributed by atoms with Crippen molar-refractivity contribution in [2.45, 2.75) is 402 Å². The van der Waals surface area contributed by atoms with E-state index in [9.17, 15) is 0 Å². The summed E-state index contributed by atoms with van der Waals surface area (Å²) in [5.74, 6) is 2.37. The van der Waals surface area contributed by atoms with Gasteiger partial charge in [0, 0.05) is 133 Å². The molecule has 0 aromatic carbocycles. The van der Waals surface area contributed by atoms with Crippen molar-refractivity contribution in [1.82, 2.24) is 49.4 Å². The topological polar surface area (TPSA) is 41.2 Å². The predicted molar refractivity (Wildman–Crippen MR) is 336 cm³/mol. The van der Waals surface area contributed by atoms with E-state index in [0.29, 0.717) is 54.5 Å². The third kappa shape index (κ3) is 9.41. The molecule has 0 bridgehead atoms. The van der Waals surface area contributed by atoms with Gasteiger partial charge < -0.3 is 0 Å². The fourth-order valence-corrected chi connectivity index (χ4v) is 27.0. The predicted octanol–water partition coefficient (Wildman–Crippen LogP) is 11.9. The molecule has 16 aliphatic rings. The second kappa shape index (κ2) is 23.8. The quantitative estimate of drug-likeness (QED) is 0.278. The smallest absolute Gasteiger partial charge is 0.0629 e. The summed E-state index contributed by atoms with van der Waals surface area (Å²) in [5.41, 5.74) is 0. The number of likely N-dealkylation sites (N-methyl/N-ethyl adjacent to an activating group) is 5. The average molecular weight is 1130 g/mol. The van der Waals surface area contributed by atoms with Gasteiger partial charge in [-0.05, 0) is 188 Å². The normalized spacial score (nSPS) is 52.6. The zero-order chi connectivity index (χ0) is 54.9. The molecule has 0 aromatic rings. The zero-order valence-electron chi connectivity index (χ0n) is 53.5. The Hall–Kier alpha value is -0.400. The van der Waals surface area contributed by atoms with Crippen LogP contribution in [0.3, 0.4) is 0 Å². The van der Waals surface area contributed by atoms with E-state index in [1.807, 2.05) is 0 Å².